The van der Waals surface area contributed by atoms with Crippen LogP contribution in [0.15, 0.2) is 48.7 Å². The zero-order chi connectivity index (χ0) is 19.1. The van der Waals surface area contributed by atoms with E-state index in [2.05, 4.69) is 4.98 Å². The van der Waals surface area contributed by atoms with E-state index in [0.717, 1.165) is 6.42 Å². The maximum atomic E-state index is 12.5. The van der Waals surface area contributed by atoms with Gasteiger partial charge in [-0.3, -0.25) is 14.6 Å². The van der Waals surface area contributed by atoms with Crippen molar-refractivity contribution in [1.82, 2.24) is 14.8 Å². The van der Waals surface area contributed by atoms with Crippen molar-refractivity contribution in [2.24, 2.45) is 0 Å². The number of hydrogen-bond acceptors (Lipinski definition) is 5. The molecule has 0 radical (unpaired) electrons. The van der Waals surface area contributed by atoms with Crippen LogP contribution in [0.25, 0.3) is 0 Å². The van der Waals surface area contributed by atoms with Crippen LogP contribution >= 0.6 is 0 Å². The number of rotatable bonds is 5. The van der Waals surface area contributed by atoms with Gasteiger partial charge in [0.2, 0.25) is 0 Å². The zero-order valence-electron chi connectivity index (χ0n) is 15.3. The maximum Gasteiger partial charge on any atom is 0.272 e. The van der Waals surface area contributed by atoms with Gasteiger partial charge in [-0.15, -0.1) is 0 Å². The second-order valence-electron chi connectivity index (χ2n) is 6.18. The van der Waals surface area contributed by atoms with E-state index in [9.17, 15) is 9.59 Å². The standard InChI is InChI=1S/C20H23N3O4/c1-26-17-8-2-3-9-18(17)27-15-19(24)22-11-6-12-23(14-13-22)20(25)16-7-4-5-10-21-16/h2-5,7-10H,6,11-15H2,1H3. The predicted molar refractivity (Wildman–Crippen MR) is 99.8 cm³/mol. The monoisotopic (exact) mass is 369 g/mol. The molecule has 1 aliphatic heterocycles. The molecule has 2 amide bonds. The molecule has 0 atom stereocenters. The summed E-state index contributed by atoms with van der Waals surface area (Å²) in [6.45, 7) is 2.10. The predicted octanol–water partition coefficient (Wildman–Crippen LogP) is 1.84. The van der Waals surface area contributed by atoms with Gasteiger partial charge in [0.25, 0.3) is 11.8 Å². The molecular formula is C20H23N3O4. The topological polar surface area (TPSA) is 72.0 Å². The molecule has 7 nitrogen and oxygen atoms in total. The summed E-state index contributed by atoms with van der Waals surface area (Å²) in [5.74, 6) is 0.923. The molecule has 1 fully saturated rings. The first-order chi connectivity index (χ1) is 13.2. The lowest BCUT2D eigenvalue weighted by Crippen LogP contribution is -2.39. The van der Waals surface area contributed by atoms with Gasteiger partial charge >= 0.3 is 0 Å². The lowest BCUT2D eigenvalue weighted by molar-refractivity contribution is -0.133. The third-order valence-corrected chi connectivity index (χ3v) is 4.44. The molecule has 27 heavy (non-hydrogen) atoms. The molecule has 7 heteroatoms. The van der Waals surface area contributed by atoms with Gasteiger partial charge < -0.3 is 19.3 Å². The van der Waals surface area contributed by atoms with Gasteiger partial charge in [0, 0.05) is 32.4 Å². The van der Waals surface area contributed by atoms with Crippen LogP contribution in [0.3, 0.4) is 0 Å². The second kappa shape index (κ2) is 9.02. The highest BCUT2D eigenvalue weighted by Gasteiger charge is 2.23. The molecule has 1 aromatic heterocycles. The highest BCUT2D eigenvalue weighted by Crippen LogP contribution is 2.25. The maximum absolute atomic E-state index is 12.5. The summed E-state index contributed by atoms with van der Waals surface area (Å²) in [6, 6.07) is 12.5. The van der Waals surface area contributed by atoms with Crippen molar-refractivity contribution < 1.29 is 19.1 Å². The van der Waals surface area contributed by atoms with Crippen molar-refractivity contribution in [3.63, 3.8) is 0 Å². The number of methoxy groups -OCH3 is 1. The molecule has 0 spiro atoms. The summed E-state index contributed by atoms with van der Waals surface area (Å²) in [7, 11) is 1.56. The minimum atomic E-state index is -0.104. The van der Waals surface area contributed by atoms with Crippen LogP contribution in [-0.2, 0) is 4.79 Å². The van der Waals surface area contributed by atoms with E-state index in [1.54, 1.807) is 53.4 Å². The van der Waals surface area contributed by atoms with Gasteiger partial charge in [0.15, 0.2) is 18.1 Å². The summed E-state index contributed by atoms with van der Waals surface area (Å²) in [5.41, 5.74) is 0.428. The first-order valence-electron chi connectivity index (χ1n) is 8.93. The number of pyridine rings is 1. The summed E-state index contributed by atoms with van der Waals surface area (Å²) in [5, 5.41) is 0. The van der Waals surface area contributed by atoms with Crippen molar-refractivity contribution >= 4 is 11.8 Å². The van der Waals surface area contributed by atoms with Crippen LogP contribution in [0.1, 0.15) is 16.9 Å². The Bertz CT molecular complexity index is 782. The lowest BCUT2D eigenvalue weighted by Gasteiger charge is -2.22. The van der Waals surface area contributed by atoms with Crippen molar-refractivity contribution in [2.45, 2.75) is 6.42 Å². The van der Waals surface area contributed by atoms with Crippen LogP contribution in [0.2, 0.25) is 0 Å². The van der Waals surface area contributed by atoms with Gasteiger partial charge in [-0.2, -0.15) is 0 Å². The molecule has 1 saturated heterocycles. The van der Waals surface area contributed by atoms with Crippen LogP contribution < -0.4 is 9.47 Å². The second-order valence-corrected chi connectivity index (χ2v) is 6.18. The van der Waals surface area contributed by atoms with Gasteiger partial charge in [0.05, 0.1) is 7.11 Å². The number of para-hydroxylation sites is 2. The van der Waals surface area contributed by atoms with Crippen LogP contribution in [-0.4, -0.2) is 66.5 Å². The molecule has 0 bridgehead atoms. The Kier molecular flexibility index (Phi) is 6.25. The Balaban J connectivity index is 1.54. The lowest BCUT2D eigenvalue weighted by atomic mass is 10.3. The van der Waals surface area contributed by atoms with Crippen molar-refractivity contribution in [1.29, 1.82) is 0 Å². The molecule has 2 aromatic rings. The Morgan fingerprint density at radius 3 is 2.41 bits per heavy atom. The first-order valence-corrected chi connectivity index (χ1v) is 8.93. The summed E-state index contributed by atoms with van der Waals surface area (Å²) < 4.78 is 10.8. The molecule has 0 N–H and O–H groups in total. The number of amides is 2. The minimum Gasteiger partial charge on any atom is -0.493 e. The van der Waals surface area contributed by atoms with Crippen LogP contribution in [0.4, 0.5) is 0 Å². The Morgan fingerprint density at radius 1 is 0.963 bits per heavy atom. The highest BCUT2D eigenvalue weighted by atomic mass is 16.5. The quantitative estimate of drug-likeness (QED) is 0.804. The molecule has 1 aliphatic rings. The summed E-state index contributed by atoms with van der Waals surface area (Å²) in [4.78, 5) is 32.6. The van der Waals surface area contributed by atoms with E-state index in [1.807, 2.05) is 12.1 Å². The van der Waals surface area contributed by atoms with Crippen LogP contribution in [0.5, 0.6) is 11.5 Å². The Hall–Kier alpha value is -3.09. The van der Waals surface area contributed by atoms with Crippen molar-refractivity contribution in [3.05, 3.63) is 54.4 Å². The Labute approximate surface area is 158 Å². The fourth-order valence-electron chi connectivity index (χ4n) is 2.99. The van der Waals surface area contributed by atoms with Crippen LogP contribution in [0, 0.1) is 0 Å². The average molecular weight is 369 g/mol. The number of ether oxygens (including phenoxy) is 2. The van der Waals surface area contributed by atoms with E-state index in [-0.39, 0.29) is 18.4 Å². The smallest absolute Gasteiger partial charge is 0.272 e. The number of benzene rings is 1. The molecule has 3 rings (SSSR count). The Morgan fingerprint density at radius 2 is 1.67 bits per heavy atom. The number of hydrogen-bond donors (Lipinski definition) is 0. The molecule has 0 saturated carbocycles. The summed E-state index contributed by atoms with van der Waals surface area (Å²) >= 11 is 0. The van der Waals surface area contributed by atoms with Crippen molar-refractivity contribution in [2.75, 3.05) is 39.9 Å². The molecule has 142 valence electrons. The molecule has 2 heterocycles. The third kappa shape index (κ3) is 4.75. The van der Waals surface area contributed by atoms with E-state index in [4.69, 9.17) is 9.47 Å². The largest absolute Gasteiger partial charge is 0.493 e. The van der Waals surface area contributed by atoms with E-state index in [0.29, 0.717) is 43.4 Å². The van der Waals surface area contributed by atoms with E-state index >= 15 is 0 Å². The first kappa shape index (κ1) is 18.7. The average Bonchev–Trinajstić information content (AvgIpc) is 2.98. The highest BCUT2D eigenvalue weighted by molar-refractivity contribution is 5.92. The van der Waals surface area contributed by atoms with Gasteiger partial charge in [0.1, 0.15) is 5.69 Å². The van der Waals surface area contributed by atoms with Gasteiger partial charge in [-0.1, -0.05) is 18.2 Å². The summed E-state index contributed by atoms with van der Waals surface area (Å²) in [6.07, 6.45) is 2.33. The zero-order valence-corrected chi connectivity index (χ0v) is 15.3. The van der Waals surface area contributed by atoms with Crippen molar-refractivity contribution in [3.8, 4) is 11.5 Å². The fourth-order valence-corrected chi connectivity index (χ4v) is 2.99. The number of aromatic nitrogens is 1. The van der Waals surface area contributed by atoms with E-state index < -0.39 is 0 Å². The third-order valence-electron chi connectivity index (χ3n) is 4.44. The number of carbonyl (C=O) groups excluding carboxylic acids is 2. The number of nitrogens with zero attached hydrogens (tertiary/aromatic N) is 3. The van der Waals surface area contributed by atoms with E-state index in [1.165, 1.54) is 0 Å². The van der Waals surface area contributed by atoms with Gasteiger partial charge in [-0.25, -0.2) is 0 Å². The fraction of sp³-hybridized carbons (Fsp3) is 0.350. The normalized spacial score (nSPS) is 14.4. The van der Waals surface area contributed by atoms with Gasteiger partial charge in [-0.05, 0) is 30.7 Å². The SMILES string of the molecule is COc1ccccc1OCC(=O)N1CCCN(C(=O)c2ccccn2)CC1. The molecule has 1 aromatic carbocycles. The number of carbonyl (C=O) groups is 2. The molecule has 0 aliphatic carbocycles. The molecule has 0 unspecified atom stereocenters. The minimum absolute atomic E-state index is 0.0610. The molecular weight excluding hydrogens is 346 g/mol.